The van der Waals surface area contributed by atoms with Crippen LogP contribution in [0.2, 0.25) is 0 Å². The van der Waals surface area contributed by atoms with Crippen molar-refractivity contribution in [3.8, 4) is 0 Å². The third-order valence-corrected chi connectivity index (χ3v) is 3.80. The molecule has 0 N–H and O–H groups in total. The number of nitrogens with zero attached hydrogens (tertiary/aromatic N) is 3. The number of rotatable bonds is 4. The van der Waals surface area contributed by atoms with Crippen molar-refractivity contribution in [1.82, 2.24) is 4.90 Å². The third-order valence-electron chi connectivity index (χ3n) is 3.19. The lowest BCUT2D eigenvalue weighted by atomic mass is 10.1. The van der Waals surface area contributed by atoms with E-state index in [1.54, 1.807) is 4.90 Å². The van der Waals surface area contributed by atoms with Crippen LogP contribution in [0.15, 0.2) is 4.99 Å². The van der Waals surface area contributed by atoms with E-state index in [2.05, 4.69) is 4.99 Å². The van der Waals surface area contributed by atoms with Gasteiger partial charge in [-0.25, -0.2) is 0 Å². The minimum absolute atomic E-state index is 0.149. The second-order valence-corrected chi connectivity index (χ2v) is 5.98. The van der Waals surface area contributed by atoms with Gasteiger partial charge in [-0.05, 0) is 36.5 Å². The first-order valence-electron chi connectivity index (χ1n) is 5.85. The van der Waals surface area contributed by atoms with Gasteiger partial charge in [-0.15, -0.1) is 0 Å². The van der Waals surface area contributed by atoms with Gasteiger partial charge in [0.25, 0.3) is 0 Å². The molecule has 1 fully saturated rings. The van der Waals surface area contributed by atoms with Crippen LogP contribution in [0.3, 0.4) is 0 Å². The van der Waals surface area contributed by atoms with E-state index in [9.17, 15) is 10.1 Å². The number of ether oxygens (including phenoxy) is 1. The van der Waals surface area contributed by atoms with Crippen molar-refractivity contribution in [2.45, 2.75) is 23.9 Å². The number of nitro groups is 1. The van der Waals surface area contributed by atoms with Gasteiger partial charge in [0.1, 0.15) is 0 Å². The van der Waals surface area contributed by atoms with E-state index in [0.29, 0.717) is 32.2 Å². The van der Waals surface area contributed by atoms with Crippen LogP contribution in [0.4, 0.5) is 0 Å². The highest BCUT2D eigenvalue weighted by Gasteiger charge is 2.49. The fraction of sp³-hybridized carbons (Fsp3) is 0.900. The fourth-order valence-electron chi connectivity index (χ4n) is 2.37. The average molecular weight is 296 g/mol. The minimum atomic E-state index is -2.15. The number of amidine groups is 1. The maximum Gasteiger partial charge on any atom is 0.428 e. The van der Waals surface area contributed by atoms with Crippen molar-refractivity contribution >= 4 is 29.0 Å². The lowest BCUT2D eigenvalue weighted by molar-refractivity contribution is -0.497. The summed E-state index contributed by atoms with van der Waals surface area (Å²) in [4.78, 5) is 16.0. The Kier molecular flexibility index (Phi) is 3.99. The van der Waals surface area contributed by atoms with Gasteiger partial charge >= 0.3 is 4.46 Å². The molecule has 0 saturated carbocycles. The molecule has 0 amide bonds. The van der Waals surface area contributed by atoms with Gasteiger partial charge in [0, 0.05) is 19.0 Å². The molecule has 0 bridgehead atoms. The molecule has 0 aliphatic carbocycles. The van der Waals surface area contributed by atoms with Crippen molar-refractivity contribution in [2.24, 2.45) is 10.9 Å². The zero-order valence-corrected chi connectivity index (χ0v) is 11.5. The number of hydrogen-bond donors (Lipinski definition) is 0. The molecule has 0 aromatic heterocycles. The molecule has 0 aromatic carbocycles. The molecule has 8 heteroatoms. The molecule has 6 nitrogen and oxygen atoms in total. The smallest absolute Gasteiger partial charge is 0.378 e. The van der Waals surface area contributed by atoms with Gasteiger partial charge in [0.15, 0.2) is 0 Å². The lowest BCUT2D eigenvalue weighted by Gasteiger charge is -2.25. The zero-order chi connectivity index (χ0) is 13.3. The maximum atomic E-state index is 10.9. The molecule has 2 aliphatic rings. The van der Waals surface area contributed by atoms with Crippen molar-refractivity contribution in [3.63, 3.8) is 0 Å². The summed E-state index contributed by atoms with van der Waals surface area (Å²) in [6.45, 7) is 4.45. The van der Waals surface area contributed by atoms with Crippen molar-refractivity contribution in [1.29, 1.82) is 0 Å². The summed E-state index contributed by atoms with van der Waals surface area (Å²) in [5.41, 5.74) is 0. The molecule has 0 aromatic rings. The summed E-state index contributed by atoms with van der Waals surface area (Å²) >= 11 is 11.5. The quantitative estimate of drug-likeness (QED) is 0.341. The number of halogens is 2. The monoisotopic (exact) mass is 295 g/mol. The Labute approximate surface area is 115 Å². The number of alkyl halides is 2. The van der Waals surface area contributed by atoms with Crippen molar-refractivity contribution in [3.05, 3.63) is 10.1 Å². The van der Waals surface area contributed by atoms with Crippen molar-refractivity contribution in [2.75, 3.05) is 26.2 Å². The average Bonchev–Trinajstić information content (AvgIpc) is 2.88. The van der Waals surface area contributed by atoms with Crippen molar-refractivity contribution < 1.29 is 9.66 Å². The zero-order valence-electron chi connectivity index (χ0n) is 10.0. The van der Waals surface area contributed by atoms with E-state index in [4.69, 9.17) is 27.9 Å². The summed E-state index contributed by atoms with van der Waals surface area (Å²) < 4.78 is 3.33. The van der Waals surface area contributed by atoms with Crippen LogP contribution in [0.25, 0.3) is 0 Å². The Morgan fingerprint density at radius 3 is 2.94 bits per heavy atom. The summed E-state index contributed by atoms with van der Waals surface area (Å²) in [5.74, 6) is 0.495. The SMILES string of the molecule is CC1CC(CN2CCN=C2C(Cl)(Cl)[N+](=O)[O-])CO1. The molecule has 102 valence electrons. The Morgan fingerprint density at radius 2 is 2.39 bits per heavy atom. The molecule has 0 spiro atoms. The standard InChI is InChI=1S/C10H15Cl2N3O3/c1-7-4-8(6-18-7)5-14-3-2-13-9(14)10(11,12)15(16)17/h7-8H,2-6H2,1H3. The van der Waals surface area contributed by atoms with Gasteiger partial charge < -0.3 is 9.64 Å². The van der Waals surface area contributed by atoms with E-state index >= 15 is 0 Å². The second-order valence-electron chi connectivity index (χ2n) is 4.70. The normalized spacial score (nSPS) is 28.6. The molecule has 2 atom stereocenters. The van der Waals surface area contributed by atoms with Gasteiger partial charge in [-0.3, -0.25) is 15.1 Å². The molecule has 2 aliphatic heterocycles. The van der Waals surface area contributed by atoms with Crippen LogP contribution in [0.5, 0.6) is 0 Å². The summed E-state index contributed by atoms with van der Waals surface area (Å²) in [5, 5.41) is 10.9. The first-order chi connectivity index (χ1) is 8.41. The Bertz CT molecular complexity index is 375. The number of hydrogen-bond acceptors (Lipinski definition) is 5. The molecule has 18 heavy (non-hydrogen) atoms. The molecule has 2 unspecified atom stereocenters. The van der Waals surface area contributed by atoms with E-state index < -0.39 is 9.38 Å². The van der Waals surface area contributed by atoms with Gasteiger partial charge in [-0.2, -0.15) is 0 Å². The minimum Gasteiger partial charge on any atom is -0.378 e. The van der Waals surface area contributed by atoms with Crippen LogP contribution >= 0.6 is 23.2 Å². The highest BCUT2D eigenvalue weighted by Crippen LogP contribution is 2.29. The highest BCUT2D eigenvalue weighted by molar-refractivity contribution is 6.57. The summed E-state index contributed by atoms with van der Waals surface area (Å²) in [7, 11) is 0. The van der Waals surface area contributed by atoms with Gasteiger partial charge in [0.05, 0.1) is 24.2 Å². The molecule has 0 radical (unpaired) electrons. The van der Waals surface area contributed by atoms with E-state index in [1.165, 1.54) is 0 Å². The van der Waals surface area contributed by atoms with Gasteiger partial charge in [0.2, 0.25) is 5.84 Å². The predicted octanol–water partition coefficient (Wildman–Crippen LogP) is 1.53. The summed E-state index contributed by atoms with van der Waals surface area (Å²) in [6, 6.07) is 0. The molecule has 1 saturated heterocycles. The van der Waals surface area contributed by atoms with Crippen LogP contribution in [-0.2, 0) is 4.74 Å². The van der Waals surface area contributed by atoms with E-state index in [1.807, 2.05) is 6.92 Å². The van der Waals surface area contributed by atoms with Crippen LogP contribution in [-0.4, -0.2) is 52.5 Å². The maximum absolute atomic E-state index is 10.9. The molecule has 2 heterocycles. The molecular weight excluding hydrogens is 281 g/mol. The fourth-order valence-corrected chi connectivity index (χ4v) is 2.73. The largest absolute Gasteiger partial charge is 0.428 e. The Hall–Kier alpha value is -0.590. The first-order valence-corrected chi connectivity index (χ1v) is 6.60. The molecule has 2 rings (SSSR count). The Balaban J connectivity index is 2.01. The Morgan fingerprint density at radius 1 is 1.67 bits per heavy atom. The first kappa shape index (κ1) is 13.8. The highest BCUT2D eigenvalue weighted by atomic mass is 35.5. The van der Waals surface area contributed by atoms with Crippen LogP contribution < -0.4 is 0 Å². The van der Waals surface area contributed by atoms with Gasteiger partial charge in [-0.1, -0.05) is 0 Å². The second kappa shape index (κ2) is 5.19. The third kappa shape index (κ3) is 2.70. The van der Waals surface area contributed by atoms with Crippen LogP contribution in [0, 0.1) is 16.0 Å². The number of aliphatic imine (C=N–C) groups is 1. The van der Waals surface area contributed by atoms with E-state index in [-0.39, 0.29) is 11.9 Å². The molecular formula is C10H15Cl2N3O3. The lowest BCUT2D eigenvalue weighted by Crippen LogP contribution is -2.46. The summed E-state index contributed by atoms with van der Waals surface area (Å²) in [6.07, 6.45) is 1.19. The topological polar surface area (TPSA) is 68.0 Å². The predicted molar refractivity (Wildman–Crippen MR) is 68.8 cm³/mol. The van der Waals surface area contributed by atoms with Crippen LogP contribution in [0.1, 0.15) is 13.3 Å². The van der Waals surface area contributed by atoms with E-state index in [0.717, 1.165) is 6.42 Å².